The summed E-state index contributed by atoms with van der Waals surface area (Å²) >= 11 is 0. The summed E-state index contributed by atoms with van der Waals surface area (Å²) in [6.45, 7) is 6.22. The van der Waals surface area contributed by atoms with Crippen molar-refractivity contribution in [3.63, 3.8) is 0 Å². The molecule has 0 aliphatic carbocycles. The van der Waals surface area contributed by atoms with Crippen LogP contribution in [0.25, 0.3) is 5.69 Å². The van der Waals surface area contributed by atoms with Crippen LogP contribution >= 0.6 is 0 Å². The Kier molecular flexibility index (Phi) is 5.74. The zero-order valence-electron chi connectivity index (χ0n) is 15.6. The first kappa shape index (κ1) is 18.6. The topological polar surface area (TPSA) is 82.2 Å². The van der Waals surface area contributed by atoms with E-state index in [0.717, 1.165) is 16.9 Å². The average molecular weight is 356 g/mol. The lowest BCUT2D eigenvalue weighted by Gasteiger charge is -2.34. The van der Waals surface area contributed by atoms with Gasteiger partial charge in [0, 0.05) is 38.1 Å². The minimum atomic E-state index is -0.508. The molecule has 1 saturated heterocycles. The van der Waals surface area contributed by atoms with Gasteiger partial charge in [-0.05, 0) is 30.9 Å². The Hall–Kier alpha value is -2.18. The monoisotopic (exact) mass is 356 g/mol. The SMILES string of the molecule is CC(C)c1nn(-c2ccccc2)cc1CNC(=O)C1(CN)CCOCC1. The largest absolute Gasteiger partial charge is 0.381 e. The van der Waals surface area contributed by atoms with E-state index in [9.17, 15) is 4.79 Å². The Morgan fingerprint density at radius 2 is 2.00 bits per heavy atom. The first-order valence-electron chi connectivity index (χ1n) is 9.26. The van der Waals surface area contributed by atoms with Gasteiger partial charge in [-0.2, -0.15) is 5.10 Å². The van der Waals surface area contributed by atoms with Gasteiger partial charge in [-0.15, -0.1) is 0 Å². The van der Waals surface area contributed by atoms with Gasteiger partial charge >= 0.3 is 0 Å². The number of benzene rings is 1. The van der Waals surface area contributed by atoms with Crippen molar-refractivity contribution in [1.29, 1.82) is 0 Å². The van der Waals surface area contributed by atoms with E-state index in [1.165, 1.54) is 0 Å². The van der Waals surface area contributed by atoms with Crippen LogP contribution in [0, 0.1) is 5.41 Å². The number of carbonyl (C=O) groups is 1. The van der Waals surface area contributed by atoms with Crippen LogP contribution in [0.15, 0.2) is 36.5 Å². The summed E-state index contributed by atoms with van der Waals surface area (Å²) in [7, 11) is 0. The molecule has 1 aliphatic rings. The highest BCUT2D eigenvalue weighted by atomic mass is 16.5. The molecule has 2 aromatic rings. The highest BCUT2D eigenvalue weighted by molar-refractivity contribution is 5.83. The molecule has 6 nitrogen and oxygen atoms in total. The number of hydrogen-bond acceptors (Lipinski definition) is 4. The summed E-state index contributed by atoms with van der Waals surface area (Å²) in [6, 6.07) is 10.0. The summed E-state index contributed by atoms with van der Waals surface area (Å²) in [4.78, 5) is 12.8. The summed E-state index contributed by atoms with van der Waals surface area (Å²) in [5, 5.41) is 7.82. The zero-order valence-corrected chi connectivity index (χ0v) is 15.6. The second-order valence-corrected chi connectivity index (χ2v) is 7.25. The number of ether oxygens (including phenoxy) is 1. The first-order valence-corrected chi connectivity index (χ1v) is 9.26. The molecule has 1 aromatic heterocycles. The minimum absolute atomic E-state index is 0.0190. The van der Waals surface area contributed by atoms with Gasteiger partial charge in [-0.25, -0.2) is 4.68 Å². The number of nitrogens with two attached hydrogens (primary N) is 1. The molecule has 3 N–H and O–H groups in total. The lowest BCUT2D eigenvalue weighted by molar-refractivity contribution is -0.136. The van der Waals surface area contributed by atoms with Gasteiger partial charge in [-0.1, -0.05) is 32.0 Å². The lowest BCUT2D eigenvalue weighted by atomic mass is 9.79. The van der Waals surface area contributed by atoms with E-state index in [-0.39, 0.29) is 11.8 Å². The molecule has 6 heteroatoms. The van der Waals surface area contributed by atoms with Gasteiger partial charge in [0.05, 0.1) is 16.8 Å². The van der Waals surface area contributed by atoms with Crippen LogP contribution in [-0.2, 0) is 16.1 Å². The van der Waals surface area contributed by atoms with Crippen LogP contribution < -0.4 is 11.1 Å². The molecule has 0 radical (unpaired) electrons. The maximum Gasteiger partial charge on any atom is 0.227 e. The van der Waals surface area contributed by atoms with Crippen LogP contribution in [0.3, 0.4) is 0 Å². The van der Waals surface area contributed by atoms with Gasteiger partial charge in [0.15, 0.2) is 0 Å². The van der Waals surface area contributed by atoms with Gasteiger partial charge < -0.3 is 15.8 Å². The quantitative estimate of drug-likeness (QED) is 0.832. The standard InChI is InChI=1S/C20H28N4O2/c1-15(2)18-16(13-24(23-18)17-6-4-3-5-7-17)12-22-19(25)20(14-21)8-10-26-11-9-20/h3-7,13,15H,8-12,14,21H2,1-2H3,(H,22,25). The van der Waals surface area contributed by atoms with Crippen molar-refractivity contribution in [1.82, 2.24) is 15.1 Å². The maximum atomic E-state index is 12.8. The van der Waals surface area contributed by atoms with Crippen LogP contribution in [0.2, 0.25) is 0 Å². The molecular weight excluding hydrogens is 328 g/mol. The third-order valence-electron chi connectivity index (χ3n) is 5.15. The van der Waals surface area contributed by atoms with Crippen LogP contribution in [0.1, 0.15) is 43.9 Å². The normalized spacial score (nSPS) is 16.6. The van der Waals surface area contributed by atoms with E-state index in [1.54, 1.807) is 0 Å². The van der Waals surface area contributed by atoms with E-state index in [0.29, 0.717) is 39.1 Å². The second-order valence-electron chi connectivity index (χ2n) is 7.25. The second kappa shape index (κ2) is 8.01. The van der Waals surface area contributed by atoms with E-state index in [2.05, 4.69) is 19.2 Å². The molecule has 1 aromatic carbocycles. The Balaban J connectivity index is 1.76. The highest BCUT2D eigenvalue weighted by Gasteiger charge is 2.38. The summed E-state index contributed by atoms with van der Waals surface area (Å²) in [5.41, 5.74) is 8.48. The zero-order chi connectivity index (χ0) is 18.6. The molecule has 140 valence electrons. The summed E-state index contributed by atoms with van der Waals surface area (Å²) in [6.07, 6.45) is 3.36. The number of para-hydroxylation sites is 1. The molecule has 26 heavy (non-hydrogen) atoms. The fourth-order valence-electron chi connectivity index (χ4n) is 3.41. The van der Waals surface area contributed by atoms with E-state index in [1.807, 2.05) is 41.2 Å². The van der Waals surface area contributed by atoms with Crippen molar-refractivity contribution in [2.75, 3.05) is 19.8 Å². The van der Waals surface area contributed by atoms with Crippen molar-refractivity contribution >= 4 is 5.91 Å². The third-order valence-corrected chi connectivity index (χ3v) is 5.15. The number of amides is 1. The van der Waals surface area contributed by atoms with Gasteiger partial charge in [0.1, 0.15) is 0 Å². The molecule has 0 saturated carbocycles. The van der Waals surface area contributed by atoms with Gasteiger partial charge in [0.25, 0.3) is 0 Å². The van der Waals surface area contributed by atoms with Crippen molar-refractivity contribution in [2.45, 2.75) is 39.2 Å². The van der Waals surface area contributed by atoms with Gasteiger partial charge in [-0.3, -0.25) is 4.79 Å². The summed E-state index contributed by atoms with van der Waals surface area (Å²) in [5.74, 6) is 0.295. The fourth-order valence-corrected chi connectivity index (χ4v) is 3.41. The van der Waals surface area contributed by atoms with Crippen LogP contribution in [-0.4, -0.2) is 35.4 Å². The van der Waals surface area contributed by atoms with Crippen molar-refractivity contribution in [2.24, 2.45) is 11.1 Å². The molecule has 0 unspecified atom stereocenters. The van der Waals surface area contributed by atoms with Crippen LogP contribution in [0.5, 0.6) is 0 Å². The van der Waals surface area contributed by atoms with Crippen molar-refractivity contribution < 1.29 is 9.53 Å². The minimum Gasteiger partial charge on any atom is -0.381 e. The van der Waals surface area contributed by atoms with Crippen molar-refractivity contribution in [3.05, 3.63) is 47.8 Å². The molecule has 0 spiro atoms. The maximum absolute atomic E-state index is 12.8. The summed E-state index contributed by atoms with van der Waals surface area (Å²) < 4.78 is 7.27. The van der Waals surface area contributed by atoms with E-state index < -0.39 is 5.41 Å². The van der Waals surface area contributed by atoms with E-state index >= 15 is 0 Å². The molecule has 1 fully saturated rings. The Morgan fingerprint density at radius 3 is 2.62 bits per heavy atom. The Morgan fingerprint density at radius 1 is 1.31 bits per heavy atom. The van der Waals surface area contributed by atoms with Crippen LogP contribution in [0.4, 0.5) is 0 Å². The Labute approximate surface area is 154 Å². The number of hydrogen-bond donors (Lipinski definition) is 2. The lowest BCUT2D eigenvalue weighted by Crippen LogP contribution is -2.49. The van der Waals surface area contributed by atoms with E-state index in [4.69, 9.17) is 15.6 Å². The molecular formula is C20H28N4O2. The molecule has 0 atom stereocenters. The highest BCUT2D eigenvalue weighted by Crippen LogP contribution is 2.30. The molecule has 1 amide bonds. The van der Waals surface area contributed by atoms with Crippen molar-refractivity contribution in [3.8, 4) is 5.69 Å². The average Bonchev–Trinajstić information content (AvgIpc) is 3.12. The fraction of sp³-hybridized carbons (Fsp3) is 0.500. The number of carbonyl (C=O) groups excluding carboxylic acids is 1. The molecule has 3 rings (SSSR count). The predicted molar refractivity (Wildman–Crippen MR) is 101 cm³/mol. The Bertz CT molecular complexity index is 734. The molecule has 1 aliphatic heterocycles. The number of nitrogens with zero attached hydrogens (tertiary/aromatic N) is 2. The number of rotatable bonds is 6. The van der Waals surface area contributed by atoms with Gasteiger partial charge in [0.2, 0.25) is 5.91 Å². The first-order chi connectivity index (χ1) is 12.6. The molecule has 2 heterocycles. The predicted octanol–water partition coefficient (Wildman–Crippen LogP) is 2.37. The number of nitrogens with one attached hydrogen (secondary N) is 1. The molecule has 0 bridgehead atoms. The smallest absolute Gasteiger partial charge is 0.227 e. The third kappa shape index (κ3) is 3.81. The number of aromatic nitrogens is 2.